The first-order valence-electron chi connectivity index (χ1n) is 33.0. The van der Waals surface area contributed by atoms with E-state index in [0.717, 1.165) is 68.8 Å². The first kappa shape index (κ1) is 72.4. The largest absolute Gasteiger partial charge is 0.493 e. The van der Waals surface area contributed by atoms with Crippen molar-refractivity contribution in [3.05, 3.63) is 235 Å². The lowest BCUT2D eigenvalue weighted by atomic mass is 9.72. The van der Waals surface area contributed by atoms with E-state index in [1.165, 1.54) is 18.2 Å². The van der Waals surface area contributed by atoms with Gasteiger partial charge in [0.1, 0.15) is 64.7 Å². The van der Waals surface area contributed by atoms with Gasteiger partial charge >= 0.3 is 0 Å². The van der Waals surface area contributed by atoms with Crippen LogP contribution in [0.1, 0.15) is 116 Å². The monoisotopic (exact) mass is 1370 g/mol. The van der Waals surface area contributed by atoms with Gasteiger partial charge in [-0.1, -0.05) is 192 Å². The van der Waals surface area contributed by atoms with Crippen LogP contribution in [0.2, 0.25) is 28.2 Å². The molecule has 7 aromatic rings. The van der Waals surface area contributed by atoms with Gasteiger partial charge in [-0.25, -0.2) is 0 Å². The summed E-state index contributed by atoms with van der Waals surface area (Å²) in [6.07, 6.45) is -4.41. The number of halogens is 2. The molecule has 4 aliphatic rings. The number of aliphatic hydroxyl groups is 3. The fourth-order valence-corrected chi connectivity index (χ4v) is 14.9. The third-order valence-corrected chi connectivity index (χ3v) is 26.3. The van der Waals surface area contributed by atoms with Crippen LogP contribution in [0, 0.1) is 5.41 Å². The van der Waals surface area contributed by atoms with Gasteiger partial charge < -0.3 is 66.8 Å². The topological polar surface area (TPSA) is 162 Å². The first-order chi connectivity index (χ1) is 45.3. The predicted octanol–water partition coefficient (Wildman–Crippen LogP) is 13.5. The van der Waals surface area contributed by atoms with Gasteiger partial charge in [0.2, 0.25) is 11.6 Å². The molecule has 11 rings (SSSR count). The van der Waals surface area contributed by atoms with Crippen molar-refractivity contribution in [3.63, 3.8) is 0 Å². The van der Waals surface area contributed by atoms with Gasteiger partial charge in [0.05, 0.1) is 51.3 Å². The van der Waals surface area contributed by atoms with Crippen LogP contribution in [0.4, 0.5) is 0 Å². The summed E-state index contributed by atoms with van der Waals surface area (Å²) in [7, 11) is 1.48. The summed E-state index contributed by atoms with van der Waals surface area (Å²) in [5.41, 5.74) is 9.96. The Labute approximate surface area is 576 Å². The third kappa shape index (κ3) is 16.4. The normalized spacial score (nSPS) is 25.0. The van der Waals surface area contributed by atoms with Gasteiger partial charge in [-0.05, 0) is 130 Å². The standard InChI is InChI=1S/C49H57ClO7Si.C28H39ClO7Si/c1-47(2,3)48(4,57-58)30-43-44(53-31-34-15-9-6-10-16-34)45(54-32-35-17-11-7-12-18-35)46(55-33-36-19-13-8-14-20-36)49(51-5,56-43)40-22-23-41(50)39(29-40)28-37-21-24-42-38(27-37)25-26-52-42;1-27(2,3)37(5,6)35-16-23-24(30)25(31)26(32)28(33-4,36-23)20-8-9-21(29)19(15-20)14-17-7-10-22-18(13-17)11-12-34-22/h6-24,27,29,43-46H,25-26,28,30-33H2,1-5,58H3;7-10,13,15,23-26,30-32H,11-12,14,16H2,1-6H3/t43-,44-,45+,46-,48?,49+;23-,24-,25+,26-,28+/m11/s1. The molecule has 0 saturated carbocycles. The second-order valence-corrected chi connectivity index (χ2v) is 34.3. The van der Waals surface area contributed by atoms with E-state index < -0.39 is 74.3 Å². The van der Waals surface area contributed by atoms with Gasteiger partial charge in [-0.3, -0.25) is 0 Å². The molecule has 2 fully saturated rings. The Kier molecular flexibility index (Phi) is 23.5. The highest BCUT2D eigenvalue weighted by Gasteiger charge is 2.61. The van der Waals surface area contributed by atoms with E-state index in [4.69, 9.17) is 74.7 Å². The molecule has 3 N–H and O–H groups in total. The van der Waals surface area contributed by atoms with Crippen molar-refractivity contribution in [2.45, 2.75) is 185 Å². The molecular formula is C77H96Cl2O14Si2. The van der Waals surface area contributed by atoms with Crippen LogP contribution in [0.5, 0.6) is 11.5 Å². The van der Waals surface area contributed by atoms with Crippen LogP contribution in [-0.4, -0.2) is 123 Å². The van der Waals surface area contributed by atoms with Crippen molar-refractivity contribution in [3.8, 4) is 11.5 Å². The van der Waals surface area contributed by atoms with Crippen LogP contribution in [0.3, 0.4) is 0 Å². The van der Waals surface area contributed by atoms with Crippen molar-refractivity contribution in [2.24, 2.45) is 5.41 Å². The van der Waals surface area contributed by atoms with E-state index in [1.807, 2.05) is 84.9 Å². The summed E-state index contributed by atoms with van der Waals surface area (Å²) >= 11 is 13.6. The molecule has 0 aromatic heterocycles. The molecule has 0 radical (unpaired) electrons. The fraction of sp³-hybridized carbons (Fsp3) is 0.455. The minimum absolute atomic E-state index is 0.0438. The van der Waals surface area contributed by atoms with Crippen molar-refractivity contribution in [2.75, 3.05) is 34.0 Å². The number of hydrogen-bond donors (Lipinski definition) is 3. The second kappa shape index (κ2) is 30.8. The number of hydrogen-bond acceptors (Lipinski definition) is 14. The Morgan fingerprint density at radius 1 is 0.537 bits per heavy atom. The minimum atomic E-state index is -2.16. The average molecular weight is 1370 g/mol. The summed E-state index contributed by atoms with van der Waals surface area (Å²) in [4.78, 5) is 0. The maximum atomic E-state index is 11.1. The van der Waals surface area contributed by atoms with Gasteiger partial charge in [0.15, 0.2) is 8.32 Å². The zero-order chi connectivity index (χ0) is 67.9. The highest BCUT2D eigenvalue weighted by Crippen LogP contribution is 2.49. The molecule has 7 aromatic carbocycles. The number of ether oxygens (including phenoxy) is 9. The number of aliphatic hydroxyl groups excluding tert-OH is 3. The van der Waals surface area contributed by atoms with E-state index in [9.17, 15) is 15.3 Å². The smallest absolute Gasteiger partial charge is 0.224 e. The minimum Gasteiger partial charge on any atom is -0.493 e. The Morgan fingerprint density at radius 3 is 1.44 bits per heavy atom. The zero-order valence-electron chi connectivity index (χ0n) is 57.1. The Morgan fingerprint density at radius 2 is 0.989 bits per heavy atom. The molecule has 1 unspecified atom stereocenters. The molecular weight excluding hydrogens is 1280 g/mol. The van der Waals surface area contributed by atoms with Gasteiger partial charge in [-0.2, -0.15) is 0 Å². The van der Waals surface area contributed by atoms with E-state index in [-0.39, 0.29) is 17.1 Å². The SMILES string of the molecule is CO[C@@]1(c2ccc(Cl)c(Cc3ccc4c(c3)CCO4)c2)O[C@H](CC(C)(O[SiH3])C(C)(C)C)[C@@H](OCc2ccccc2)[C@H](OCc2ccccc2)[C@H]1OCc1ccccc1.CO[C@@]1(c2ccc(Cl)c(Cc3ccc4c(c3)CCO4)c2)O[C@H](CO[Si](C)(C)C(C)(C)C)[C@@H](O)[C@H](O)[C@H]1O. The van der Waals surface area contributed by atoms with Gasteiger partial charge in [-0.15, -0.1) is 0 Å². The van der Waals surface area contributed by atoms with E-state index >= 15 is 0 Å². The third-order valence-electron chi connectivity index (χ3n) is 20.1. The lowest BCUT2D eigenvalue weighted by Gasteiger charge is -2.54. The summed E-state index contributed by atoms with van der Waals surface area (Å²) in [5, 5.41) is 33.9. The second-order valence-electron chi connectivity index (χ2n) is 28.2. The molecule has 0 amide bonds. The number of rotatable bonds is 23. The molecule has 14 nitrogen and oxygen atoms in total. The lowest BCUT2D eigenvalue weighted by Crippen LogP contribution is -2.66. The maximum absolute atomic E-state index is 11.1. The van der Waals surface area contributed by atoms with Gasteiger partial charge in [0, 0.05) is 54.7 Å². The molecule has 18 heteroatoms. The van der Waals surface area contributed by atoms with E-state index in [1.54, 1.807) is 19.2 Å². The van der Waals surface area contributed by atoms with Crippen molar-refractivity contribution in [1.29, 1.82) is 0 Å². The van der Waals surface area contributed by atoms with Crippen LogP contribution in [0.25, 0.3) is 0 Å². The molecule has 11 atom stereocenters. The zero-order valence-corrected chi connectivity index (χ0v) is 61.6. The average Bonchev–Trinajstić information content (AvgIpc) is 1.33. The van der Waals surface area contributed by atoms with Gasteiger partial charge in [0.25, 0.3) is 0 Å². The van der Waals surface area contributed by atoms with Crippen LogP contribution < -0.4 is 9.47 Å². The van der Waals surface area contributed by atoms with Crippen LogP contribution >= 0.6 is 23.2 Å². The molecule has 0 aliphatic carbocycles. The number of fused-ring (bicyclic) bond motifs is 2. The van der Waals surface area contributed by atoms with Crippen molar-refractivity contribution < 1.29 is 66.8 Å². The predicted molar refractivity (Wildman–Crippen MR) is 377 cm³/mol. The summed E-state index contributed by atoms with van der Waals surface area (Å²) in [5.74, 6) is -1.29. The molecule has 2 saturated heterocycles. The number of benzene rings is 7. The molecule has 510 valence electrons. The Balaban J connectivity index is 0.000000229. The summed E-state index contributed by atoms with van der Waals surface area (Å²) in [6, 6.07) is 54.4. The van der Waals surface area contributed by atoms with E-state index in [2.05, 4.69) is 128 Å². The number of methoxy groups -OCH3 is 2. The molecule has 4 heterocycles. The molecule has 0 bridgehead atoms. The Bertz CT molecular complexity index is 3650. The first-order valence-corrected chi connectivity index (χ1v) is 37.5. The maximum Gasteiger partial charge on any atom is 0.224 e. The molecule has 4 aliphatic heterocycles. The quantitative estimate of drug-likeness (QED) is 0.0519. The summed E-state index contributed by atoms with van der Waals surface area (Å²) < 4.78 is 71.8. The van der Waals surface area contributed by atoms with E-state index in [0.29, 0.717) is 78.4 Å². The highest BCUT2D eigenvalue weighted by molar-refractivity contribution is 6.74. The molecule has 95 heavy (non-hydrogen) atoms. The fourth-order valence-electron chi connectivity index (χ4n) is 12.7. The molecule has 0 spiro atoms. The highest BCUT2D eigenvalue weighted by atomic mass is 35.5. The van der Waals surface area contributed by atoms with Crippen molar-refractivity contribution in [1.82, 2.24) is 0 Å². The van der Waals surface area contributed by atoms with Crippen LogP contribution in [0.15, 0.2) is 164 Å². The lowest BCUT2D eigenvalue weighted by molar-refractivity contribution is -0.386. The van der Waals surface area contributed by atoms with Crippen LogP contribution in [-0.2, 0) is 99.1 Å². The summed E-state index contributed by atoms with van der Waals surface area (Å²) in [6.45, 7) is 21.8. The Hall–Kier alpha value is -5.33. The van der Waals surface area contributed by atoms with Crippen molar-refractivity contribution >= 4 is 42.0 Å².